The molecule has 0 bridgehead atoms. The minimum Gasteiger partial charge on any atom is -0.474 e. The largest absolute Gasteiger partial charge is 0.474 e. The molecule has 2 aromatic heterocycles. The molecule has 0 radical (unpaired) electrons. The Bertz CT molecular complexity index is 954. The van der Waals surface area contributed by atoms with E-state index in [9.17, 15) is 8.42 Å². The van der Waals surface area contributed by atoms with E-state index in [-0.39, 0.29) is 12.6 Å². The first-order valence-corrected chi connectivity index (χ1v) is 12.1. The van der Waals surface area contributed by atoms with Gasteiger partial charge in [-0.25, -0.2) is 15.1 Å². The number of aromatic nitrogens is 2. The van der Waals surface area contributed by atoms with Crippen molar-refractivity contribution in [2.45, 2.75) is 57.7 Å². The third-order valence-electron chi connectivity index (χ3n) is 5.96. The number of ether oxygens (including phenoxy) is 1. The second-order valence-electron chi connectivity index (χ2n) is 7.61. The average Bonchev–Trinajstić information content (AvgIpc) is 3.06. The topological polar surface area (TPSA) is 102 Å². The third-order valence-corrected chi connectivity index (χ3v) is 8.19. The fraction of sp³-hybridized carbons (Fsp3) is 0.667. The van der Waals surface area contributed by atoms with Gasteiger partial charge in [0.1, 0.15) is 17.3 Å². The lowest BCUT2D eigenvalue weighted by molar-refractivity contribution is 0.101. The molecule has 1 aliphatic carbocycles. The van der Waals surface area contributed by atoms with Gasteiger partial charge in [-0.1, -0.05) is 6.92 Å². The van der Waals surface area contributed by atoms with Crippen LogP contribution in [0.4, 0.5) is 0 Å². The number of nitrogens with two attached hydrogens (primary N) is 1. The van der Waals surface area contributed by atoms with Crippen molar-refractivity contribution < 1.29 is 13.2 Å². The van der Waals surface area contributed by atoms with Crippen LogP contribution in [0.15, 0.2) is 6.33 Å². The third kappa shape index (κ3) is 3.88. The lowest BCUT2D eigenvalue weighted by atomic mass is 9.92. The molecule has 0 amide bonds. The molecule has 2 aliphatic rings. The van der Waals surface area contributed by atoms with Crippen molar-refractivity contribution in [2.75, 3.05) is 20.1 Å². The van der Waals surface area contributed by atoms with Gasteiger partial charge in [0.15, 0.2) is 0 Å². The summed E-state index contributed by atoms with van der Waals surface area (Å²) in [5.74, 6) is 0.575. The normalized spacial score (nSPS) is 23.9. The molecule has 1 fully saturated rings. The van der Waals surface area contributed by atoms with E-state index in [0.29, 0.717) is 24.9 Å². The van der Waals surface area contributed by atoms with Crippen LogP contribution in [0.3, 0.4) is 0 Å². The number of nitrogens with zero attached hydrogens (tertiary/aromatic N) is 4. The first-order valence-electron chi connectivity index (χ1n) is 9.76. The van der Waals surface area contributed by atoms with Crippen molar-refractivity contribution in [3.8, 4) is 5.88 Å². The fourth-order valence-electron chi connectivity index (χ4n) is 4.18. The highest BCUT2D eigenvalue weighted by Gasteiger charge is 2.30. The summed E-state index contributed by atoms with van der Waals surface area (Å²) in [5.41, 5.74) is 0.940. The van der Waals surface area contributed by atoms with Crippen LogP contribution in [0.25, 0.3) is 10.2 Å². The quantitative estimate of drug-likeness (QED) is 0.785. The van der Waals surface area contributed by atoms with Crippen molar-refractivity contribution in [3.63, 3.8) is 0 Å². The summed E-state index contributed by atoms with van der Waals surface area (Å²) >= 11 is 1.60. The van der Waals surface area contributed by atoms with Crippen molar-refractivity contribution >= 4 is 31.8 Å². The van der Waals surface area contributed by atoms with E-state index < -0.39 is 10.2 Å². The molecule has 28 heavy (non-hydrogen) atoms. The zero-order valence-corrected chi connectivity index (χ0v) is 17.9. The number of thiophene rings is 1. The molecule has 2 N–H and O–H groups in total. The van der Waals surface area contributed by atoms with Gasteiger partial charge in [0, 0.05) is 24.0 Å². The van der Waals surface area contributed by atoms with Crippen LogP contribution >= 0.6 is 11.3 Å². The van der Waals surface area contributed by atoms with Crippen LogP contribution < -0.4 is 9.88 Å². The molecule has 4 rings (SSSR count). The highest BCUT2D eigenvalue weighted by molar-refractivity contribution is 7.86. The van der Waals surface area contributed by atoms with E-state index in [2.05, 4.69) is 28.8 Å². The van der Waals surface area contributed by atoms with Gasteiger partial charge in [-0.15, -0.1) is 11.3 Å². The summed E-state index contributed by atoms with van der Waals surface area (Å²) in [6, 6.07) is 0.618. The van der Waals surface area contributed by atoms with E-state index in [0.717, 1.165) is 52.9 Å². The Kier molecular flexibility index (Phi) is 5.58. The average molecular weight is 426 g/mol. The molecule has 0 aromatic carbocycles. The minimum absolute atomic E-state index is 0.132. The molecule has 2 aromatic rings. The molecular formula is C18H27N5O3S2. The molecule has 1 aliphatic heterocycles. The van der Waals surface area contributed by atoms with Gasteiger partial charge < -0.3 is 9.64 Å². The summed E-state index contributed by atoms with van der Waals surface area (Å²) in [4.78, 5) is 13.2. The van der Waals surface area contributed by atoms with Gasteiger partial charge in [-0.3, -0.25) is 0 Å². The Morgan fingerprint density at radius 1 is 1.32 bits per heavy atom. The van der Waals surface area contributed by atoms with Crippen molar-refractivity contribution in [1.82, 2.24) is 19.2 Å². The second-order valence-corrected chi connectivity index (χ2v) is 10.2. The first-order chi connectivity index (χ1) is 13.4. The number of rotatable bonds is 5. The molecular weight excluding hydrogens is 398 g/mol. The van der Waals surface area contributed by atoms with Crippen LogP contribution in [0.5, 0.6) is 5.88 Å². The van der Waals surface area contributed by atoms with E-state index in [1.165, 1.54) is 10.6 Å². The molecule has 8 nitrogen and oxygen atoms in total. The Morgan fingerprint density at radius 3 is 2.75 bits per heavy atom. The summed E-state index contributed by atoms with van der Waals surface area (Å²) in [6.07, 6.45) is 6.53. The first kappa shape index (κ1) is 20.0. The Labute approximate surface area is 169 Å². The maximum absolute atomic E-state index is 11.8. The van der Waals surface area contributed by atoms with Gasteiger partial charge in [-0.05, 0) is 51.3 Å². The van der Waals surface area contributed by atoms with Crippen LogP contribution in [0.1, 0.15) is 43.0 Å². The molecule has 0 spiro atoms. The van der Waals surface area contributed by atoms with Gasteiger partial charge in [-0.2, -0.15) is 12.7 Å². The Balaban J connectivity index is 1.57. The maximum atomic E-state index is 11.8. The standard InChI is InChI=1S/C18H27N5O3S2/c1-3-22(2)12-4-6-13(7-5-12)26-17-16-14-10-23(28(19,24)25)9-8-15(14)27-18(16)21-11-20-17/h11-13H,3-10H2,1-2H3,(H2,19,24,25)/t12-,13-. The monoisotopic (exact) mass is 425 g/mol. The highest BCUT2D eigenvalue weighted by atomic mass is 32.2. The number of hydrogen-bond acceptors (Lipinski definition) is 7. The van der Waals surface area contributed by atoms with Crippen molar-refractivity contribution in [2.24, 2.45) is 5.14 Å². The number of fused-ring (bicyclic) bond motifs is 3. The summed E-state index contributed by atoms with van der Waals surface area (Å²) < 4.78 is 31.2. The molecule has 0 unspecified atom stereocenters. The zero-order chi connectivity index (χ0) is 19.9. The van der Waals surface area contributed by atoms with Crippen LogP contribution in [0, 0.1) is 0 Å². The lowest BCUT2D eigenvalue weighted by Gasteiger charge is -2.34. The van der Waals surface area contributed by atoms with Gasteiger partial charge in [0.25, 0.3) is 10.2 Å². The minimum atomic E-state index is -3.72. The van der Waals surface area contributed by atoms with Gasteiger partial charge in [0.05, 0.1) is 5.39 Å². The number of hydrogen-bond donors (Lipinski definition) is 1. The maximum Gasteiger partial charge on any atom is 0.277 e. The molecule has 3 heterocycles. The summed E-state index contributed by atoms with van der Waals surface area (Å²) in [5, 5.41) is 6.20. The second kappa shape index (κ2) is 7.83. The molecule has 0 saturated heterocycles. The van der Waals surface area contributed by atoms with E-state index in [4.69, 9.17) is 9.88 Å². The van der Waals surface area contributed by atoms with Crippen LogP contribution in [-0.2, 0) is 23.2 Å². The van der Waals surface area contributed by atoms with Gasteiger partial charge in [0.2, 0.25) is 5.88 Å². The van der Waals surface area contributed by atoms with E-state index in [1.54, 1.807) is 11.3 Å². The zero-order valence-electron chi connectivity index (χ0n) is 16.3. The predicted molar refractivity (Wildman–Crippen MR) is 110 cm³/mol. The van der Waals surface area contributed by atoms with Crippen LogP contribution in [-0.4, -0.2) is 59.9 Å². The molecule has 0 atom stereocenters. The van der Waals surface area contributed by atoms with E-state index in [1.807, 2.05) is 0 Å². The Hall–Kier alpha value is -1.33. The van der Waals surface area contributed by atoms with Crippen molar-refractivity contribution in [1.29, 1.82) is 0 Å². The highest BCUT2D eigenvalue weighted by Crippen LogP contribution is 2.39. The van der Waals surface area contributed by atoms with Crippen LogP contribution in [0.2, 0.25) is 0 Å². The van der Waals surface area contributed by atoms with E-state index >= 15 is 0 Å². The molecule has 10 heteroatoms. The lowest BCUT2D eigenvalue weighted by Crippen LogP contribution is -2.39. The summed E-state index contributed by atoms with van der Waals surface area (Å²) in [7, 11) is -1.55. The Morgan fingerprint density at radius 2 is 2.07 bits per heavy atom. The predicted octanol–water partition coefficient (Wildman–Crippen LogP) is 1.89. The molecule has 154 valence electrons. The van der Waals surface area contributed by atoms with Crippen molar-refractivity contribution in [3.05, 3.63) is 16.8 Å². The van der Waals surface area contributed by atoms with Gasteiger partial charge >= 0.3 is 0 Å². The molecule has 1 saturated carbocycles. The fourth-order valence-corrected chi connectivity index (χ4v) is 5.97. The smallest absolute Gasteiger partial charge is 0.277 e. The summed E-state index contributed by atoms with van der Waals surface area (Å²) in [6.45, 7) is 3.90. The SMILES string of the molecule is CCN(C)[C@H]1CC[C@H](Oc2ncnc3sc4c(c23)CN(S(N)(=O)=O)CC4)CC1.